The average Bonchev–Trinajstić information content (AvgIpc) is 2.99. The Morgan fingerprint density at radius 2 is 1.91 bits per heavy atom. The monoisotopic (exact) mass is 316 g/mol. The molecule has 0 saturated heterocycles. The molecule has 1 atom stereocenters. The third-order valence-corrected chi connectivity index (χ3v) is 4.80. The van der Waals surface area contributed by atoms with Gasteiger partial charge in [0.25, 0.3) is 0 Å². The highest BCUT2D eigenvalue weighted by molar-refractivity contribution is 6.07. The molecule has 1 aromatic carbocycles. The minimum absolute atomic E-state index is 0.0170. The van der Waals surface area contributed by atoms with Crippen LogP contribution in [0.15, 0.2) is 12.1 Å². The summed E-state index contributed by atoms with van der Waals surface area (Å²) in [5.41, 5.74) is 3.92. The van der Waals surface area contributed by atoms with Crippen LogP contribution in [0.4, 0.5) is 11.4 Å². The van der Waals surface area contributed by atoms with Gasteiger partial charge in [0, 0.05) is 0 Å². The lowest BCUT2D eigenvalue weighted by Crippen LogP contribution is -2.48. The molecule has 23 heavy (non-hydrogen) atoms. The first kappa shape index (κ1) is 15.8. The summed E-state index contributed by atoms with van der Waals surface area (Å²) in [6, 6.07) is 3.65. The average molecular weight is 316 g/mol. The topological polar surface area (TPSA) is 58.6 Å². The fourth-order valence-corrected chi connectivity index (χ4v) is 3.31. The van der Waals surface area contributed by atoms with Crippen molar-refractivity contribution in [2.24, 2.45) is 0 Å². The maximum absolute atomic E-state index is 12.5. The molecule has 0 radical (unpaired) electrons. The summed E-state index contributed by atoms with van der Waals surface area (Å²) in [6.45, 7) is 5.84. The highest BCUT2D eigenvalue weighted by Gasteiger charge is 2.32. The van der Waals surface area contributed by atoms with E-state index in [1.54, 1.807) is 4.90 Å². The number of carbonyl (C=O) groups is 2. The first-order chi connectivity index (χ1) is 11.0. The molecule has 0 spiro atoms. The second kappa shape index (κ2) is 6.22. The van der Waals surface area contributed by atoms with E-state index in [4.69, 9.17) is 4.74 Å². The molecule has 1 amide bonds. The van der Waals surface area contributed by atoms with E-state index < -0.39 is 0 Å². The number of benzene rings is 1. The molecule has 1 aliphatic carbocycles. The van der Waals surface area contributed by atoms with Gasteiger partial charge in [0.05, 0.1) is 11.4 Å². The van der Waals surface area contributed by atoms with E-state index in [0.717, 1.165) is 48.2 Å². The highest BCUT2D eigenvalue weighted by Crippen LogP contribution is 2.34. The van der Waals surface area contributed by atoms with Gasteiger partial charge in [0.1, 0.15) is 18.7 Å². The second-order valence-corrected chi connectivity index (χ2v) is 6.64. The molecule has 1 aliphatic heterocycles. The fourth-order valence-electron chi connectivity index (χ4n) is 3.31. The van der Waals surface area contributed by atoms with E-state index in [9.17, 15) is 9.59 Å². The van der Waals surface area contributed by atoms with E-state index >= 15 is 0 Å². The van der Waals surface area contributed by atoms with Gasteiger partial charge in [-0.25, -0.2) is 0 Å². The number of amides is 1. The zero-order valence-corrected chi connectivity index (χ0v) is 14.0. The number of hydrogen-bond donors (Lipinski definition) is 1. The third-order valence-electron chi connectivity index (χ3n) is 4.80. The number of nitrogens with one attached hydrogen (secondary N) is 1. The van der Waals surface area contributed by atoms with E-state index in [2.05, 4.69) is 5.32 Å². The predicted molar refractivity (Wildman–Crippen MR) is 89.7 cm³/mol. The molecular formula is C18H24N2O3. The molecule has 1 unspecified atom stereocenters. The standard InChI is InChI=1S/C18H24N2O3/c1-11-8-15-16(9-12(11)2)20(18(22)13(3)19-15)10-17(21)23-14-6-4-5-7-14/h8-9,13-14,19H,4-7,10H2,1-3H3. The summed E-state index contributed by atoms with van der Waals surface area (Å²) in [7, 11) is 0. The van der Waals surface area contributed by atoms with Gasteiger partial charge in [-0.15, -0.1) is 0 Å². The molecule has 124 valence electrons. The number of carbonyl (C=O) groups excluding carboxylic acids is 2. The minimum Gasteiger partial charge on any atom is -0.461 e. The Morgan fingerprint density at radius 1 is 1.26 bits per heavy atom. The van der Waals surface area contributed by atoms with Gasteiger partial charge in [0.15, 0.2) is 0 Å². The second-order valence-electron chi connectivity index (χ2n) is 6.64. The molecule has 2 aliphatic rings. The number of hydrogen-bond acceptors (Lipinski definition) is 4. The van der Waals surface area contributed by atoms with Crippen LogP contribution in [0.5, 0.6) is 0 Å². The predicted octanol–water partition coefficient (Wildman–Crippen LogP) is 2.94. The quantitative estimate of drug-likeness (QED) is 0.871. The first-order valence-corrected chi connectivity index (χ1v) is 8.34. The summed E-state index contributed by atoms with van der Waals surface area (Å²) in [5, 5.41) is 3.21. The number of esters is 1. The van der Waals surface area contributed by atoms with Crippen LogP contribution in [-0.2, 0) is 14.3 Å². The van der Waals surface area contributed by atoms with Crippen LogP contribution >= 0.6 is 0 Å². The minimum atomic E-state index is -0.344. The van der Waals surface area contributed by atoms with Crippen molar-refractivity contribution in [1.29, 1.82) is 0 Å². The van der Waals surface area contributed by atoms with Crippen molar-refractivity contribution in [2.45, 2.75) is 58.6 Å². The molecule has 0 aromatic heterocycles. The molecular weight excluding hydrogens is 292 g/mol. The van der Waals surface area contributed by atoms with Crippen molar-refractivity contribution in [1.82, 2.24) is 0 Å². The van der Waals surface area contributed by atoms with Crippen molar-refractivity contribution < 1.29 is 14.3 Å². The number of aryl methyl sites for hydroxylation is 2. The molecule has 5 nitrogen and oxygen atoms in total. The third kappa shape index (κ3) is 3.19. The molecule has 1 fully saturated rings. The lowest BCUT2D eigenvalue weighted by atomic mass is 10.0. The summed E-state index contributed by atoms with van der Waals surface area (Å²) in [6.07, 6.45) is 4.13. The van der Waals surface area contributed by atoms with E-state index in [0.29, 0.717) is 0 Å². The lowest BCUT2D eigenvalue weighted by Gasteiger charge is -2.34. The molecule has 0 bridgehead atoms. The Morgan fingerprint density at radius 3 is 2.61 bits per heavy atom. The van der Waals surface area contributed by atoms with Crippen LogP contribution in [0.3, 0.4) is 0 Å². The van der Waals surface area contributed by atoms with Gasteiger partial charge >= 0.3 is 5.97 Å². The highest BCUT2D eigenvalue weighted by atomic mass is 16.5. The number of fused-ring (bicyclic) bond motifs is 1. The summed E-state index contributed by atoms with van der Waals surface area (Å²) in [4.78, 5) is 26.3. The zero-order valence-electron chi connectivity index (χ0n) is 14.0. The van der Waals surface area contributed by atoms with Crippen molar-refractivity contribution in [3.63, 3.8) is 0 Å². The Labute approximate surface area is 137 Å². The van der Waals surface area contributed by atoms with Crippen LogP contribution in [0.1, 0.15) is 43.7 Å². The summed E-state index contributed by atoms with van der Waals surface area (Å²) >= 11 is 0. The van der Waals surface area contributed by atoms with Gasteiger partial charge in [-0.3, -0.25) is 14.5 Å². The lowest BCUT2D eigenvalue weighted by molar-refractivity contribution is -0.147. The van der Waals surface area contributed by atoms with Gasteiger partial charge in [-0.2, -0.15) is 0 Å². The van der Waals surface area contributed by atoms with Crippen LogP contribution in [0, 0.1) is 13.8 Å². The largest absolute Gasteiger partial charge is 0.461 e. The Bertz CT molecular complexity index is 635. The summed E-state index contributed by atoms with van der Waals surface area (Å²) < 4.78 is 5.51. The van der Waals surface area contributed by atoms with Crippen LogP contribution in [0.2, 0.25) is 0 Å². The van der Waals surface area contributed by atoms with Gasteiger partial charge in [0.2, 0.25) is 5.91 Å². The van der Waals surface area contributed by atoms with Crippen LogP contribution in [0.25, 0.3) is 0 Å². The molecule has 1 N–H and O–H groups in total. The molecule has 1 aromatic rings. The van der Waals surface area contributed by atoms with Gasteiger partial charge < -0.3 is 10.1 Å². The molecule has 3 rings (SSSR count). The molecule has 1 heterocycles. The first-order valence-electron chi connectivity index (χ1n) is 8.34. The van der Waals surface area contributed by atoms with E-state index in [1.165, 1.54) is 0 Å². The molecule has 5 heteroatoms. The van der Waals surface area contributed by atoms with Crippen LogP contribution < -0.4 is 10.2 Å². The molecule has 1 saturated carbocycles. The number of nitrogens with zero attached hydrogens (tertiary/aromatic N) is 1. The SMILES string of the molecule is Cc1cc2c(cc1C)N(CC(=O)OC1CCCC1)C(=O)C(C)N2. The van der Waals surface area contributed by atoms with Crippen molar-refractivity contribution in [3.8, 4) is 0 Å². The number of rotatable bonds is 3. The maximum atomic E-state index is 12.5. The Hall–Kier alpha value is -2.04. The van der Waals surface area contributed by atoms with Crippen molar-refractivity contribution in [2.75, 3.05) is 16.8 Å². The van der Waals surface area contributed by atoms with Gasteiger partial charge in [-0.05, 0) is 69.7 Å². The number of anilines is 2. The summed E-state index contributed by atoms with van der Waals surface area (Å²) in [5.74, 6) is -0.410. The fraction of sp³-hybridized carbons (Fsp3) is 0.556. The van der Waals surface area contributed by atoms with Gasteiger partial charge in [-0.1, -0.05) is 0 Å². The van der Waals surface area contributed by atoms with Crippen LogP contribution in [-0.4, -0.2) is 30.6 Å². The van der Waals surface area contributed by atoms with E-state index in [1.807, 2.05) is 32.9 Å². The Balaban J connectivity index is 1.81. The maximum Gasteiger partial charge on any atom is 0.326 e. The smallest absolute Gasteiger partial charge is 0.326 e. The normalized spacial score (nSPS) is 21.1. The van der Waals surface area contributed by atoms with E-state index in [-0.39, 0.29) is 30.6 Å². The Kier molecular flexibility index (Phi) is 4.28. The number of ether oxygens (including phenoxy) is 1. The zero-order chi connectivity index (χ0) is 16.6. The van der Waals surface area contributed by atoms with Crippen molar-refractivity contribution in [3.05, 3.63) is 23.3 Å². The van der Waals surface area contributed by atoms with Crippen molar-refractivity contribution >= 4 is 23.3 Å².